The largest absolute Gasteiger partial charge is 0.467 e. The first-order valence-electron chi connectivity index (χ1n) is 7.80. The minimum absolute atomic E-state index is 0.0995. The Labute approximate surface area is 140 Å². The fourth-order valence-electron chi connectivity index (χ4n) is 2.78. The van der Waals surface area contributed by atoms with Gasteiger partial charge >= 0.3 is 0 Å². The molecule has 2 atom stereocenters. The average Bonchev–Trinajstić information content (AvgIpc) is 3.09. The van der Waals surface area contributed by atoms with Gasteiger partial charge in [-0.25, -0.2) is 0 Å². The van der Waals surface area contributed by atoms with E-state index in [-0.39, 0.29) is 25.0 Å². The third-order valence-electron chi connectivity index (χ3n) is 4.18. The highest BCUT2D eigenvalue weighted by Crippen LogP contribution is 2.29. The van der Waals surface area contributed by atoms with Gasteiger partial charge in [-0.15, -0.1) is 0 Å². The van der Waals surface area contributed by atoms with Crippen LogP contribution in [0, 0.1) is 6.92 Å². The van der Waals surface area contributed by atoms with Crippen LogP contribution in [0.3, 0.4) is 0 Å². The van der Waals surface area contributed by atoms with Crippen LogP contribution in [0.15, 0.2) is 47.1 Å². The Kier molecular flexibility index (Phi) is 4.66. The van der Waals surface area contributed by atoms with E-state index in [1.807, 2.05) is 31.2 Å². The third kappa shape index (κ3) is 3.33. The number of likely N-dealkylation sites (N-methyl/N-ethyl adjacent to an activating group) is 1. The van der Waals surface area contributed by atoms with Crippen LogP contribution in [-0.4, -0.2) is 36.5 Å². The van der Waals surface area contributed by atoms with Crippen LogP contribution in [0.1, 0.15) is 22.9 Å². The summed E-state index contributed by atoms with van der Waals surface area (Å²) in [5, 5.41) is 2.81. The number of ether oxygens (including phenoxy) is 1. The summed E-state index contributed by atoms with van der Waals surface area (Å²) in [7, 11) is 1.70. The minimum Gasteiger partial charge on any atom is -0.467 e. The molecule has 0 aliphatic carbocycles. The lowest BCUT2D eigenvalue weighted by molar-refractivity contribution is -0.162. The van der Waals surface area contributed by atoms with Crippen molar-refractivity contribution in [3.05, 3.63) is 59.5 Å². The van der Waals surface area contributed by atoms with Crippen LogP contribution in [0.25, 0.3) is 0 Å². The average molecular weight is 328 g/mol. The molecule has 0 saturated carbocycles. The lowest BCUT2D eigenvalue weighted by Gasteiger charge is -2.38. The van der Waals surface area contributed by atoms with Gasteiger partial charge < -0.3 is 19.4 Å². The highest BCUT2D eigenvalue weighted by atomic mass is 16.5. The first-order chi connectivity index (χ1) is 11.6. The molecule has 6 heteroatoms. The van der Waals surface area contributed by atoms with E-state index in [9.17, 15) is 9.59 Å². The van der Waals surface area contributed by atoms with Gasteiger partial charge in [-0.3, -0.25) is 9.59 Å². The van der Waals surface area contributed by atoms with Gasteiger partial charge in [-0.05, 0) is 24.6 Å². The van der Waals surface area contributed by atoms with E-state index < -0.39 is 12.1 Å². The molecule has 2 amide bonds. The molecule has 0 spiro atoms. The molecule has 24 heavy (non-hydrogen) atoms. The summed E-state index contributed by atoms with van der Waals surface area (Å²) in [6, 6.07) is 10.9. The van der Waals surface area contributed by atoms with Crippen LogP contribution in [0.5, 0.6) is 0 Å². The number of nitrogens with one attached hydrogen (secondary N) is 1. The molecule has 126 valence electrons. The molecule has 1 fully saturated rings. The molecule has 1 saturated heterocycles. The van der Waals surface area contributed by atoms with Crippen molar-refractivity contribution >= 4 is 11.8 Å². The topological polar surface area (TPSA) is 71.8 Å². The minimum atomic E-state index is -0.759. The molecule has 1 aromatic heterocycles. The van der Waals surface area contributed by atoms with E-state index in [0.29, 0.717) is 5.76 Å². The zero-order valence-corrected chi connectivity index (χ0v) is 13.7. The molecule has 1 aromatic carbocycles. The van der Waals surface area contributed by atoms with E-state index in [1.165, 1.54) is 0 Å². The molecule has 2 unspecified atom stereocenters. The molecule has 1 aliphatic heterocycles. The van der Waals surface area contributed by atoms with Crippen molar-refractivity contribution in [1.82, 2.24) is 10.2 Å². The van der Waals surface area contributed by atoms with Crippen molar-refractivity contribution in [2.75, 3.05) is 13.7 Å². The molecular weight excluding hydrogens is 308 g/mol. The fourth-order valence-corrected chi connectivity index (χ4v) is 2.78. The van der Waals surface area contributed by atoms with Crippen LogP contribution < -0.4 is 5.32 Å². The van der Waals surface area contributed by atoms with Gasteiger partial charge in [0.1, 0.15) is 12.4 Å². The number of rotatable bonds is 4. The zero-order chi connectivity index (χ0) is 17.1. The summed E-state index contributed by atoms with van der Waals surface area (Å²) in [6.07, 6.45) is 0.797. The normalized spacial score (nSPS) is 20.9. The molecule has 1 N–H and O–H groups in total. The Morgan fingerprint density at radius 3 is 2.71 bits per heavy atom. The maximum atomic E-state index is 12.6. The Bertz CT molecular complexity index is 709. The Hall–Kier alpha value is -2.60. The van der Waals surface area contributed by atoms with E-state index in [1.54, 1.807) is 30.3 Å². The number of hydrogen-bond donors (Lipinski definition) is 1. The van der Waals surface area contributed by atoms with Crippen LogP contribution >= 0.6 is 0 Å². The molecule has 6 nitrogen and oxygen atoms in total. The number of carbonyl (C=O) groups is 2. The first-order valence-corrected chi connectivity index (χ1v) is 7.80. The van der Waals surface area contributed by atoms with Gasteiger partial charge in [0.15, 0.2) is 6.10 Å². The summed E-state index contributed by atoms with van der Waals surface area (Å²) >= 11 is 0. The number of hydrogen-bond acceptors (Lipinski definition) is 4. The van der Waals surface area contributed by atoms with Gasteiger partial charge in [0.2, 0.25) is 5.91 Å². The van der Waals surface area contributed by atoms with Gasteiger partial charge in [-0.2, -0.15) is 0 Å². The summed E-state index contributed by atoms with van der Waals surface area (Å²) in [6.45, 7) is 2.17. The van der Waals surface area contributed by atoms with Crippen LogP contribution in [-0.2, 0) is 20.9 Å². The van der Waals surface area contributed by atoms with E-state index >= 15 is 0 Å². The molecule has 2 aromatic rings. The molecule has 2 heterocycles. The molecule has 0 bridgehead atoms. The van der Waals surface area contributed by atoms with E-state index in [0.717, 1.165) is 11.1 Å². The monoisotopic (exact) mass is 328 g/mol. The predicted molar refractivity (Wildman–Crippen MR) is 87.0 cm³/mol. The van der Waals surface area contributed by atoms with Crippen LogP contribution in [0.2, 0.25) is 0 Å². The summed E-state index contributed by atoms with van der Waals surface area (Å²) in [4.78, 5) is 26.2. The maximum absolute atomic E-state index is 12.6. The van der Waals surface area contributed by atoms with Crippen molar-refractivity contribution in [1.29, 1.82) is 0 Å². The van der Waals surface area contributed by atoms with Crippen LogP contribution in [0.4, 0.5) is 0 Å². The summed E-state index contributed by atoms with van der Waals surface area (Å²) in [5.41, 5.74) is 1.98. The highest BCUT2D eigenvalue weighted by Gasteiger charge is 2.39. The second kappa shape index (κ2) is 6.88. The molecular formula is C18H20N2O4. The van der Waals surface area contributed by atoms with Crippen molar-refractivity contribution in [3.63, 3.8) is 0 Å². The number of furan rings is 1. The van der Waals surface area contributed by atoms with Crippen molar-refractivity contribution in [3.8, 4) is 0 Å². The summed E-state index contributed by atoms with van der Waals surface area (Å²) < 4.78 is 10.8. The van der Waals surface area contributed by atoms with E-state index in [2.05, 4.69) is 5.32 Å². The Morgan fingerprint density at radius 2 is 2.04 bits per heavy atom. The number of aryl methyl sites for hydroxylation is 1. The maximum Gasteiger partial charge on any atom is 0.252 e. The number of nitrogens with zero attached hydrogens (tertiary/aromatic N) is 1. The number of carbonyl (C=O) groups excluding carboxylic acids is 2. The van der Waals surface area contributed by atoms with E-state index in [4.69, 9.17) is 9.15 Å². The second-order valence-corrected chi connectivity index (χ2v) is 5.89. The molecule has 3 rings (SSSR count). The number of benzene rings is 1. The highest BCUT2D eigenvalue weighted by molar-refractivity contribution is 5.86. The van der Waals surface area contributed by atoms with Gasteiger partial charge in [-0.1, -0.05) is 29.8 Å². The second-order valence-electron chi connectivity index (χ2n) is 5.89. The summed E-state index contributed by atoms with van der Waals surface area (Å²) in [5.74, 6) is 0.252. The third-order valence-corrected chi connectivity index (χ3v) is 4.18. The van der Waals surface area contributed by atoms with Gasteiger partial charge in [0.25, 0.3) is 5.91 Å². The number of morpholine rings is 1. The first kappa shape index (κ1) is 16.3. The quantitative estimate of drug-likeness (QED) is 0.929. The Morgan fingerprint density at radius 1 is 1.29 bits per heavy atom. The smallest absolute Gasteiger partial charge is 0.252 e. The lowest BCUT2D eigenvalue weighted by Crippen LogP contribution is -2.52. The lowest BCUT2D eigenvalue weighted by atomic mass is 9.97. The predicted octanol–water partition coefficient (Wildman–Crippen LogP) is 1.80. The van der Waals surface area contributed by atoms with Gasteiger partial charge in [0, 0.05) is 7.05 Å². The van der Waals surface area contributed by atoms with Crippen molar-refractivity contribution in [2.24, 2.45) is 0 Å². The number of amides is 2. The van der Waals surface area contributed by atoms with Crippen molar-refractivity contribution in [2.45, 2.75) is 25.6 Å². The standard InChI is InChI=1S/C18H20N2O4/c1-12-5-7-13(8-6-12)16-17(24-11-15(21)20(16)2)18(22)19-10-14-4-3-9-23-14/h3-9,16-17H,10-11H2,1-2H3,(H,19,22). The molecule has 0 radical (unpaired) electrons. The van der Waals surface area contributed by atoms with Gasteiger partial charge in [0.05, 0.1) is 18.8 Å². The van der Waals surface area contributed by atoms with Crippen molar-refractivity contribution < 1.29 is 18.7 Å². The Balaban J connectivity index is 1.79. The molecule has 1 aliphatic rings. The SMILES string of the molecule is Cc1ccc(C2C(C(=O)NCc3ccco3)OCC(=O)N2C)cc1. The zero-order valence-electron chi connectivity index (χ0n) is 13.7. The fraction of sp³-hybridized carbons (Fsp3) is 0.333.